The summed E-state index contributed by atoms with van der Waals surface area (Å²) in [5.41, 5.74) is 9.08. The van der Waals surface area contributed by atoms with Crippen LogP contribution in [0.2, 0.25) is 5.02 Å². The number of benzene rings is 1. The summed E-state index contributed by atoms with van der Waals surface area (Å²) in [6, 6.07) is 14.6. The van der Waals surface area contributed by atoms with Crippen molar-refractivity contribution in [3.05, 3.63) is 76.7 Å². The van der Waals surface area contributed by atoms with Gasteiger partial charge in [0.2, 0.25) is 0 Å². The van der Waals surface area contributed by atoms with E-state index in [-0.39, 0.29) is 6.04 Å². The first-order valence-corrected chi connectivity index (χ1v) is 14.6. The lowest BCUT2D eigenvalue weighted by atomic mass is 10.0. The number of nitrogens with two attached hydrogens (primary N) is 1. The maximum absolute atomic E-state index is 9.92. The molecule has 1 atom stereocenters. The molecule has 0 saturated carbocycles. The summed E-state index contributed by atoms with van der Waals surface area (Å²) in [5.74, 6) is 0. The number of aliphatic imine (C=N–C) groups is 1. The quantitative estimate of drug-likeness (QED) is 0.234. The largest absolute Gasteiger partial charge is 0.330 e. The molecule has 0 aliphatic carbocycles. The van der Waals surface area contributed by atoms with Gasteiger partial charge in [-0.25, -0.2) is 0 Å². The molecule has 1 aromatic carbocycles. The first kappa shape index (κ1) is 30.2. The molecule has 1 aromatic heterocycles. The van der Waals surface area contributed by atoms with Crippen molar-refractivity contribution in [3.8, 4) is 0 Å². The van der Waals surface area contributed by atoms with Crippen molar-refractivity contribution < 1.29 is 4.79 Å². The zero-order valence-electron chi connectivity index (χ0n) is 22.7. The zero-order valence-corrected chi connectivity index (χ0v) is 23.4. The number of nitrogens with zero attached hydrogens (tertiary/aromatic N) is 4. The Morgan fingerprint density at radius 2 is 1.71 bits per heavy atom. The van der Waals surface area contributed by atoms with E-state index in [2.05, 4.69) is 50.1 Å². The van der Waals surface area contributed by atoms with Gasteiger partial charge in [-0.2, -0.15) is 0 Å². The summed E-state index contributed by atoms with van der Waals surface area (Å²) in [7, 11) is 0. The summed E-state index contributed by atoms with van der Waals surface area (Å²) in [4.78, 5) is 23.9. The van der Waals surface area contributed by atoms with Gasteiger partial charge in [0.15, 0.2) is 0 Å². The molecule has 1 fully saturated rings. The third kappa shape index (κ3) is 10.8. The average Bonchev–Trinajstić information content (AvgIpc) is 3.48. The van der Waals surface area contributed by atoms with Gasteiger partial charge in [-0.1, -0.05) is 55.1 Å². The van der Waals surface area contributed by atoms with Crippen molar-refractivity contribution in [1.29, 1.82) is 0 Å². The van der Waals surface area contributed by atoms with Crippen molar-refractivity contribution >= 4 is 24.1 Å². The van der Waals surface area contributed by atoms with E-state index in [1.54, 1.807) is 0 Å². The Bertz CT molecular complexity index is 972. The van der Waals surface area contributed by atoms with E-state index in [1.807, 2.05) is 30.6 Å². The Morgan fingerprint density at radius 1 is 0.947 bits per heavy atom. The molecular formula is C31H44ClN5O. The number of rotatable bonds is 14. The second-order valence-corrected chi connectivity index (χ2v) is 10.4. The van der Waals surface area contributed by atoms with Gasteiger partial charge >= 0.3 is 0 Å². The Morgan fingerprint density at radius 3 is 2.37 bits per heavy atom. The topological polar surface area (TPSA) is 74.8 Å². The molecule has 0 spiro atoms. The van der Waals surface area contributed by atoms with Crippen LogP contribution in [-0.4, -0.2) is 66.6 Å². The first-order valence-electron chi connectivity index (χ1n) is 14.2. The van der Waals surface area contributed by atoms with Gasteiger partial charge in [0.1, 0.15) is 6.29 Å². The van der Waals surface area contributed by atoms with Gasteiger partial charge in [-0.05, 0) is 68.6 Å². The Kier molecular flexibility index (Phi) is 14.3. The fraction of sp³-hybridized carbons (Fsp3) is 0.516. The predicted octanol–water partition coefficient (Wildman–Crippen LogP) is 6.07. The number of pyridine rings is 1. The number of aromatic nitrogens is 1. The molecule has 206 valence electrons. The summed E-state index contributed by atoms with van der Waals surface area (Å²) >= 11 is 6.11. The van der Waals surface area contributed by atoms with Crippen molar-refractivity contribution in [2.75, 3.05) is 39.3 Å². The molecule has 0 amide bonds. The maximum Gasteiger partial charge on any atom is 0.120 e. The number of hydrogen-bond acceptors (Lipinski definition) is 6. The standard InChI is InChI=1S/C23H33ClN4.C8H11NO/c24-21-11-9-20(10-12-21)23(22-8-4-6-14-26-22)28-18-16-27(17-19-28)15-7-3-1-2-5-13-25;10-7-2-1-4-8-5-3-6-9-8/h4,6,8-12,14,23H,1-3,5,7,13,15-19,25H2;5-7H,1-4H2. The molecule has 2 N–H and O–H groups in total. The normalized spacial score (nSPS) is 16.5. The van der Waals surface area contributed by atoms with Gasteiger partial charge in [0.05, 0.1) is 11.7 Å². The van der Waals surface area contributed by atoms with Crippen molar-refractivity contribution in [2.24, 2.45) is 10.7 Å². The van der Waals surface area contributed by atoms with E-state index in [1.165, 1.54) is 37.8 Å². The lowest BCUT2D eigenvalue weighted by Crippen LogP contribution is -2.48. The molecule has 0 bridgehead atoms. The van der Waals surface area contributed by atoms with Gasteiger partial charge in [-0.15, -0.1) is 0 Å². The Balaban J connectivity index is 0.000000336. The number of piperazine rings is 1. The van der Waals surface area contributed by atoms with Crippen LogP contribution in [0.3, 0.4) is 0 Å². The minimum absolute atomic E-state index is 0.192. The number of halogens is 1. The van der Waals surface area contributed by atoms with Crippen LogP contribution in [0.5, 0.6) is 0 Å². The van der Waals surface area contributed by atoms with Crippen LogP contribution in [0.25, 0.3) is 0 Å². The van der Waals surface area contributed by atoms with Crippen LogP contribution in [0.15, 0.2) is 65.4 Å². The molecule has 2 aromatic rings. The fourth-order valence-corrected chi connectivity index (χ4v) is 5.08. The fourth-order valence-electron chi connectivity index (χ4n) is 4.95. The SMILES string of the molecule is NCCCCCCCN1CCN(C(c2ccc(Cl)cc2)c2ccccn2)CC1.O=CCCCC1=CCC=N1. The lowest BCUT2D eigenvalue weighted by Gasteiger charge is -2.39. The summed E-state index contributed by atoms with van der Waals surface area (Å²) in [6.45, 7) is 6.42. The Labute approximate surface area is 234 Å². The van der Waals surface area contributed by atoms with Gasteiger partial charge in [0, 0.05) is 62.2 Å². The molecular weight excluding hydrogens is 494 g/mol. The monoisotopic (exact) mass is 537 g/mol. The maximum atomic E-state index is 9.92. The van der Waals surface area contributed by atoms with E-state index in [0.717, 1.165) is 81.1 Å². The first-order chi connectivity index (χ1) is 18.7. The van der Waals surface area contributed by atoms with E-state index in [0.29, 0.717) is 6.42 Å². The second kappa shape index (κ2) is 18.0. The number of allylic oxidation sites excluding steroid dienone is 2. The number of unbranched alkanes of at least 4 members (excludes halogenated alkanes) is 5. The minimum atomic E-state index is 0.192. The van der Waals surface area contributed by atoms with Crippen molar-refractivity contribution in [1.82, 2.24) is 14.8 Å². The molecule has 6 nitrogen and oxygen atoms in total. The molecule has 1 saturated heterocycles. The van der Waals surface area contributed by atoms with E-state index in [4.69, 9.17) is 17.3 Å². The third-order valence-electron chi connectivity index (χ3n) is 7.08. The predicted molar refractivity (Wildman–Crippen MR) is 159 cm³/mol. The van der Waals surface area contributed by atoms with Crippen LogP contribution < -0.4 is 5.73 Å². The summed E-state index contributed by atoms with van der Waals surface area (Å²) in [5, 5.41) is 0.778. The van der Waals surface area contributed by atoms with E-state index >= 15 is 0 Å². The smallest absolute Gasteiger partial charge is 0.120 e. The minimum Gasteiger partial charge on any atom is -0.330 e. The average molecular weight is 538 g/mol. The molecule has 3 heterocycles. The Hall–Kier alpha value is -2.38. The lowest BCUT2D eigenvalue weighted by molar-refractivity contribution is -0.107. The van der Waals surface area contributed by atoms with Crippen molar-refractivity contribution in [2.45, 2.75) is 63.8 Å². The van der Waals surface area contributed by atoms with Crippen molar-refractivity contribution in [3.63, 3.8) is 0 Å². The summed E-state index contributed by atoms with van der Waals surface area (Å²) in [6.07, 6.45) is 16.7. The van der Waals surface area contributed by atoms with Gasteiger partial charge in [0.25, 0.3) is 0 Å². The highest BCUT2D eigenvalue weighted by Crippen LogP contribution is 2.29. The highest BCUT2D eigenvalue weighted by atomic mass is 35.5. The highest BCUT2D eigenvalue weighted by molar-refractivity contribution is 6.30. The third-order valence-corrected chi connectivity index (χ3v) is 7.33. The molecule has 4 rings (SSSR count). The zero-order chi connectivity index (χ0) is 26.8. The van der Waals surface area contributed by atoms with Crippen LogP contribution in [0, 0.1) is 0 Å². The van der Waals surface area contributed by atoms with Crippen LogP contribution >= 0.6 is 11.6 Å². The molecule has 0 radical (unpaired) electrons. The highest BCUT2D eigenvalue weighted by Gasteiger charge is 2.27. The van der Waals surface area contributed by atoms with Crippen LogP contribution in [0.4, 0.5) is 0 Å². The van der Waals surface area contributed by atoms with E-state index < -0.39 is 0 Å². The summed E-state index contributed by atoms with van der Waals surface area (Å²) < 4.78 is 0. The number of hydrogen-bond donors (Lipinski definition) is 1. The molecule has 38 heavy (non-hydrogen) atoms. The van der Waals surface area contributed by atoms with Gasteiger partial charge < -0.3 is 15.4 Å². The molecule has 2 aliphatic rings. The van der Waals surface area contributed by atoms with Crippen LogP contribution in [0.1, 0.15) is 75.1 Å². The van der Waals surface area contributed by atoms with Gasteiger partial charge in [-0.3, -0.25) is 14.9 Å². The molecule has 7 heteroatoms. The number of aldehydes is 1. The molecule has 1 unspecified atom stereocenters. The number of carbonyl (C=O) groups is 1. The number of carbonyl (C=O) groups excluding carboxylic acids is 1. The van der Waals surface area contributed by atoms with Crippen LogP contribution in [-0.2, 0) is 4.79 Å². The molecule has 2 aliphatic heterocycles. The second-order valence-electron chi connectivity index (χ2n) is 9.94. The van der Waals surface area contributed by atoms with E-state index in [9.17, 15) is 4.79 Å².